The summed E-state index contributed by atoms with van der Waals surface area (Å²) in [5.41, 5.74) is 13.8. The Hall–Kier alpha value is -7.76. The van der Waals surface area contributed by atoms with Gasteiger partial charge in [0.2, 0.25) is 0 Å². The van der Waals surface area contributed by atoms with Gasteiger partial charge in [0.1, 0.15) is 11.6 Å². The van der Waals surface area contributed by atoms with Crippen LogP contribution in [-0.4, -0.2) is 23.7 Å². The van der Waals surface area contributed by atoms with Crippen molar-refractivity contribution in [1.82, 2.24) is 23.7 Å². The largest absolute Gasteiger partial charge is 0.309 e. The summed E-state index contributed by atoms with van der Waals surface area (Å²) in [5, 5.41) is 7.28. The molecule has 12 rings (SSSR count). The molecule has 0 aliphatic carbocycles. The van der Waals surface area contributed by atoms with Gasteiger partial charge >= 0.3 is 0 Å². The molecule has 0 saturated carbocycles. The first-order valence-corrected chi connectivity index (χ1v) is 22.1. The minimum Gasteiger partial charge on any atom is -0.309 e. The smallest absolute Gasteiger partial charge is 0.145 e. The molecule has 12 aromatic rings. The fraction of sp³-hybridized carbons (Fsp3) is 0.103. The predicted octanol–water partition coefficient (Wildman–Crippen LogP) is 15.3. The van der Waals surface area contributed by atoms with Crippen molar-refractivity contribution >= 4 is 65.4 Å². The van der Waals surface area contributed by atoms with Crippen LogP contribution in [0.15, 0.2) is 194 Å². The van der Waals surface area contributed by atoms with Gasteiger partial charge in [-0.2, -0.15) is 0 Å². The third kappa shape index (κ3) is 6.65. The maximum atomic E-state index is 5.33. The Morgan fingerprint density at radius 1 is 0.397 bits per heavy atom. The third-order valence-corrected chi connectivity index (χ3v) is 12.0. The minimum atomic E-state index is 0.741. The Bertz CT molecular complexity index is 3580. The standard InChI is InChI=1S/C49H35N5.C7H8.C2H6/c1-3-35-46(32-26-29-45-41(30-32)38-22-12-13-23-42(38)52(45)33-16-6-4-7-17-33)50-31(2)51-49(35)54-44-25-15-11-21-37(44)40-28-27-39-36-20-10-14-24-43(36)53(47(39)48(40)54)34-18-8-5-9-19-34;1-7-5-3-2-4-6-7;1-2/h4-30H,3H2,1-2H3;2-6H,1H3;1-2H3. The van der Waals surface area contributed by atoms with Crippen molar-refractivity contribution in [2.24, 2.45) is 0 Å². The zero-order chi connectivity index (χ0) is 43.0. The van der Waals surface area contributed by atoms with E-state index in [0.717, 1.165) is 57.3 Å². The van der Waals surface area contributed by atoms with Crippen LogP contribution in [0.5, 0.6) is 0 Å². The highest BCUT2D eigenvalue weighted by atomic mass is 15.1. The zero-order valence-corrected chi connectivity index (χ0v) is 36.4. The molecule has 8 aromatic carbocycles. The molecule has 5 nitrogen and oxygen atoms in total. The fourth-order valence-corrected chi connectivity index (χ4v) is 9.41. The molecule has 0 radical (unpaired) electrons. The first-order valence-electron chi connectivity index (χ1n) is 22.1. The maximum absolute atomic E-state index is 5.33. The summed E-state index contributed by atoms with van der Waals surface area (Å²) < 4.78 is 7.21. The van der Waals surface area contributed by atoms with E-state index in [1.54, 1.807) is 0 Å². The number of aryl methyl sites for hydroxylation is 2. The summed E-state index contributed by atoms with van der Waals surface area (Å²) in [5.74, 6) is 1.67. The molecule has 0 spiro atoms. The van der Waals surface area contributed by atoms with Gasteiger partial charge < -0.3 is 9.13 Å². The Labute approximate surface area is 368 Å². The van der Waals surface area contributed by atoms with E-state index in [-0.39, 0.29) is 0 Å². The Balaban J connectivity index is 0.000000475. The second-order valence-electron chi connectivity index (χ2n) is 15.7. The highest BCUT2D eigenvalue weighted by Gasteiger charge is 2.25. The van der Waals surface area contributed by atoms with Gasteiger partial charge in [0.05, 0.1) is 38.8 Å². The zero-order valence-electron chi connectivity index (χ0n) is 36.4. The number of fused-ring (bicyclic) bond motifs is 10. The van der Waals surface area contributed by atoms with Crippen LogP contribution in [-0.2, 0) is 6.42 Å². The molecule has 0 fully saturated rings. The number of rotatable bonds is 5. The topological polar surface area (TPSA) is 40.6 Å². The summed E-state index contributed by atoms with van der Waals surface area (Å²) in [6.07, 6.45) is 0.764. The fourth-order valence-electron chi connectivity index (χ4n) is 9.41. The van der Waals surface area contributed by atoms with Gasteiger partial charge in [-0.3, -0.25) is 4.57 Å². The van der Waals surface area contributed by atoms with Gasteiger partial charge in [-0.05, 0) is 74.9 Å². The van der Waals surface area contributed by atoms with E-state index in [1.165, 1.54) is 59.9 Å². The Morgan fingerprint density at radius 3 is 1.38 bits per heavy atom. The van der Waals surface area contributed by atoms with Crippen LogP contribution in [0.4, 0.5) is 0 Å². The molecule has 4 heterocycles. The van der Waals surface area contributed by atoms with Gasteiger partial charge in [0, 0.05) is 54.8 Å². The monoisotopic (exact) mass is 815 g/mol. The molecule has 0 N–H and O–H groups in total. The highest BCUT2D eigenvalue weighted by molar-refractivity contribution is 6.24. The second kappa shape index (κ2) is 16.6. The van der Waals surface area contributed by atoms with Crippen LogP contribution >= 0.6 is 0 Å². The molecule has 0 unspecified atom stereocenters. The Morgan fingerprint density at radius 2 is 0.841 bits per heavy atom. The molecule has 4 aromatic heterocycles. The summed E-state index contributed by atoms with van der Waals surface area (Å²) in [7, 11) is 0. The van der Waals surface area contributed by atoms with E-state index in [0.29, 0.717) is 0 Å². The van der Waals surface area contributed by atoms with Crippen LogP contribution in [0.1, 0.15) is 37.7 Å². The first kappa shape index (κ1) is 39.4. The van der Waals surface area contributed by atoms with Gasteiger partial charge in [0.25, 0.3) is 0 Å². The van der Waals surface area contributed by atoms with Gasteiger partial charge in [-0.25, -0.2) is 9.97 Å². The normalized spacial score (nSPS) is 11.3. The highest BCUT2D eigenvalue weighted by Crippen LogP contribution is 2.43. The van der Waals surface area contributed by atoms with E-state index in [9.17, 15) is 0 Å². The molecule has 0 atom stereocenters. The minimum absolute atomic E-state index is 0.741. The molecule has 306 valence electrons. The number of hydrogen-bond donors (Lipinski definition) is 0. The third-order valence-electron chi connectivity index (χ3n) is 12.0. The summed E-state index contributed by atoms with van der Waals surface area (Å²) in [4.78, 5) is 10.6. The van der Waals surface area contributed by atoms with E-state index >= 15 is 0 Å². The van der Waals surface area contributed by atoms with E-state index in [4.69, 9.17) is 9.97 Å². The van der Waals surface area contributed by atoms with Gasteiger partial charge in [-0.1, -0.05) is 166 Å². The van der Waals surface area contributed by atoms with Crippen LogP contribution < -0.4 is 0 Å². The van der Waals surface area contributed by atoms with Crippen LogP contribution in [0.2, 0.25) is 0 Å². The molecule has 63 heavy (non-hydrogen) atoms. The van der Waals surface area contributed by atoms with Crippen LogP contribution in [0, 0.1) is 13.8 Å². The maximum Gasteiger partial charge on any atom is 0.145 e. The quantitative estimate of drug-likeness (QED) is 0.174. The molecular weight excluding hydrogens is 767 g/mol. The first-order chi connectivity index (χ1) is 31.1. The van der Waals surface area contributed by atoms with E-state index in [1.807, 2.05) is 39.0 Å². The van der Waals surface area contributed by atoms with Gasteiger partial charge in [0.15, 0.2) is 0 Å². The van der Waals surface area contributed by atoms with E-state index < -0.39 is 0 Å². The lowest BCUT2D eigenvalue weighted by atomic mass is 10.0. The van der Waals surface area contributed by atoms with Crippen molar-refractivity contribution in [3.05, 3.63) is 211 Å². The van der Waals surface area contributed by atoms with Crippen LogP contribution in [0.25, 0.3) is 93.9 Å². The lowest BCUT2D eigenvalue weighted by Gasteiger charge is -2.17. The number of para-hydroxylation sites is 5. The van der Waals surface area contributed by atoms with Crippen molar-refractivity contribution in [1.29, 1.82) is 0 Å². The van der Waals surface area contributed by atoms with Crippen molar-refractivity contribution in [3.63, 3.8) is 0 Å². The molecular formula is C58H49N5. The Kier molecular flexibility index (Phi) is 10.4. The average Bonchev–Trinajstić information content (AvgIpc) is 3.98. The van der Waals surface area contributed by atoms with Gasteiger partial charge in [-0.15, -0.1) is 0 Å². The summed E-state index contributed by atoms with van der Waals surface area (Å²) in [6, 6.07) is 69.2. The summed E-state index contributed by atoms with van der Waals surface area (Å²) >= 11 is 0. The van der Waals surface area contributed by atoms with E-state index in [2.05, 4.69) is 203 Å². The lowest BCUT2D eigenvalue weighted by molar-refractivity contribution is 0.933. The molecule has 0 saturated heterocycles. The van der Waals surface area contributed by atoms with Crippen molar-refractivity contribution in [2.45, 2.75) is 41.0 Å². The van der Waals surface area contributed by atoms with Crippen molar-refractivity contribution in [2.75, 3.05) is 0 Å². The number of benzene rings is 8. The molecule has 0 bridgehead atoms. The number of nitrogens with zero attached hydrogens (tertiary/aromatic N) is 5. The molecule has 5 heteroatoms. The number of hydrogen-bond acceptors (Lipinski definition) is 2. The molecule has 0 aliphatic heterocycles. The molecule has 0 aliphatic rings. The summed E-state index contributed by atoms with van der Waals surface area (Å²) in [6.45, 7) is 10.3. The second-order valence-corrected chi connectivity index (χ2v) is 15.7. The van der Waals surface area contributed by atoms with Crippen molar-refractivity contribution in [3.8, 4) is 28.5 Å². The SMILES string of the molecule is CC.CCc1c(-c2ccc3c(c2)c2ccccc2n3-c2ccccc2)nc(C)nc1-n1c2ccccc2c2ccc3c4ccccc4n(-c4ccccc4)c3c21.Cc1ccccc1. The lowest BCUT2D eigenvalue weighted by Crippen LogP contribution is -2.09. The number of aromatic nitrogens is 5. The molecule has 0 amide bonds. The predicted molar refractivity (Wildman–Crippen MR) is 267 cm³/mol. The average molecular weight is 816 g/mol. The van der Waals surface area contributed by atoms with Crippen molar-refractivity contribution < 1.29 is 0 Å². The van der Waals surface area contributed by atoms with Crippen LogP contribution in [0.3, 0.4) is 0 Å².